The number of aromatic nitrogens is 1. The highest BCUT2D eigenvalue weighted by atomic mass is 32.2. The Morgan fingerprint density at radius 1 is 0.800 bits per heavy atom. The average Bonchev–Trinajstić information content (AvgIpc) is 3.32. The van der Waals surface area contributed by atoms with E-state index in [9.17, 15) is 21.0 Å². The Balaban J connectivity index is 1.79. The SMILES string of the molecule is C=C(C)CN(Cc1cn(S(=O)(=O)c2ccc(C)cc2)cc1CS(=O)c1ccccc1)S(=O)(=O)c1ccc(C)cc1. The van der Waals surface area contributed by atoms with E-state index in [4.69, 9.17) is 0 Å². The van der Waals surface area contributed by atoms with Crippen molar-refractivity contribution < 1.29 is 21.0 Å². The first-order valence-electron chi connectivity index (χ1n) is 12.5. The van der Waals surface area contributed by atoms with E-state index in [0.717, 1.165) is 15.1 Å². The molecule has 1 heterocycles. The molecule has 0 aliphatic carbocycles. The summed E-state index contributed by atoms with van der Waals surface area (Å²) in [6.07, 6.45) is 2.85. The summed E-state index contributed by atoms with van der Waals surface area (Å²) in [5, 5.41) is 0. The third-order valence-corrected chi connectivity index (χ3v) is 11.1. The highest BCUT2D eigenvalue weighted by molar-refractivity contribution is 7.90. The zero-order valence-corrected chi connectivity index (χ0v) is 25.1. The molecule has 0 bridgehead atoms. The summed E-state index contributed by atoms with van der Waals surface area (Å²) in [5.74, 6) is 0.0151. The van der Waals surface area contributed by atoms with Gasteiger partial charge in [-0.3, -0.25) is 4.21 Å². The molecule has 0 spiro atoms. The molecular weight excluding hydrogens is 565 g/mol. The van der Waals surface area contributed by atoms with Crippen molar-refractivity contribution in [3.05, 3.63) is 126 Å². The van der Waals surface area contributed by atoms with E-state index in [1.54, 1.807) is 67.6 Å². The van der Waals surface area contributed by atoms with E-state index < -0.39 is 30.8 Å². The van der Waals surface area contributed by atoms with E-state index in [2.05, 4.69) is 6.58 Å². The van der Waals surface area contributed by atoms with Crippen molar-refractivity contribution in [2.75, 3.05) is 6.54 Å². The fourth-order valence-corrected chi connectivity index (χ4v) is 8.03. The van der Waals surface area contributed by atoms with Crippen LogP contribution in [0.25, 0.3) is 0 Å². The van der Waals surface area contributed by atoms with Gasteiger partial charge in [0, 0.05) is 30.4 Å². The normalized spacial score (nSPS) is 12.9. The molecular formula is C30H32N2O5S3. The second kappa shape index (κ2) is 12.1. The molecule has 0 fully saturated rings. The van der Waals surface area contributed by atoms with Gasteiger partial charge in [0.1, 0.15) is 0 Å². The maximum absolute atomic E-state index is 13.7. The molecule has 1 unspecified atom stereocenters. The van der Waals surface area contributed by atoms with E-state index in [1.165, 1.54) is 28.8 Å². The first-order valence-corrected chi connectivity index (χ1v) is 16.7. The maximum Gasteiger partial charge on any atom is 0.267 e. The molecule has 40 heavy (non-hydrogen) atoms. The summed E-state index contributed by atoms with van der Waals surface area (Å²) in [6.45, 7) is 9.29. The van der Waals surface area contributed by atoms with Gasteiger partial charge in [-0.25, -0.2) is 20.8 Å². The van der Waals surface area contributed by atoms with Crippen LogP contribution < -0.4 is 0 Å². The zero-order valence-electron chi connectivity index (χ0n) is 22.6. The number of aryl methyl sites for hydroxylation is 2. The maximum atomic E-state index is 13.7. The Hall–Kier alpha value is -3.31. The van der Waals surface area contributed by atoms with Crippen LogP contribution in [0.1, 0.15) is 29.2 Å². The molecule has 0 saturated carbocycles. The quantitative estimate of drug-likeness (QED) is 0.216. The molecule has 0 aliphatic rings. The van der Waals surface area contributed by atoms with Gasteiger partial charge in [-0.2, -0.15) is 4.31 Å². The molecule has 1 atom stereocenters. The third kappa shape index (κ3) is 6.69. The van der Waals surface area contributed by atoms with Crippen LogP contribution in [0.2, 0.25) is 0 Å². The Morgan fingerprint density at radius 2 is 1.32 bits per heavy atom. The fourth-order valence-electron chi connectivity index (χ4n) is 4.13. The van der Waals surface area contributed by atoms with Crippen LogP contribution in [0.4, 0.5) is 0 Å². The first kappa shape index (κ1) is 29.7. The largest absolute Gasteiger partial charge is 0.267 e. The van der Waals surface area contributed by atoms with Gasteiger partial charge in [0.25, 0.3) is 10.0 Å². The predicted octanol–water partition coefficient (Wildman–Crippen LogP) is 5.42. The highest BCUT2D eigenvalue weighted by Gasteiger charge is 2.28. The fraction of sp³-hybridized carbons (Fsp3) is 0.200. The summed E-state index contributed by atoms with van der Waals surface area (Å²) in [5.41, 5.74) is 3.38. The summed E-state index contributed by atoms with van der Waals surface area (Å²) in [4.78, 5) is 0.815. The molecule has 4 aromatic rings. The molecule has 0 saturated heterocycles. The molecule has 3 aromatic carbocycles. The lowest BCUT2D eigenvalue weighted by Gasteiger charge is -2.23. The monoisotopic (exact) mass is 596 g/mol. The van der Waals surface area contributed by atoms with Crippen LogP contribution >= 0.6 is 0 Å². The van der Waals surface area contributed by atoms with Crippen molar-refractivity contribution in [2.45, 2.75) is 47.8 Å². The minimum atomic E-state index is -3.98. The van der Waals surface area contributed by atoms with Gasteiger partial charge >= 0.3 is 0 Å². The molecule has 0 N–H and O–H groups in total. The number of sulfonamides is 1. The van der Waals surface area contributed by atoms with Crippen LogP contribution in [-0.2, 0) is 43.1 Å². The smallest absolute Gasteiger partial charge is 0.254 e. The molecule has 210 valence electrons. The number of nitrogens with zero attached hydrogens (tertiary/aromatic N) is 2. The molecule has 0 aliphatic heterocycles. The minimum absolute atomic E-state index is 0.0151. The molecule has 0 amide bonds. The molecule has 1 aromatic heterocycles. The number of hydrogen-bond acceptors (Lipinski definition) is 5. The second-order valence-corrected chi connectivity index (χ2v) is 15.0. The number of rotatable bonds is 11. The summed E-state index contributed by atoms with van der Waals surface area (Å²) >= 11 is 0. The lowest BCUT2D eigenvalue weighted by molar-refractivity contribution is 0.430. The van der Waals surface area contributed by atoms with Gasteiger partial charge in [0.2, 0.25) is 10.0 Å². The van der Waals surface area contributed by atoms with E-state index >= 15 is 0 Å². The molecule has 4 rings (SSSR count). The topological polar surface area (TPSA) is 93.5 Å². The van der Waals surface area contributed by atoms with Crippen molar-refractivity contribution in [2.24, 2.45) is 0 Å². The second-order valence-electron chi connectivity index (χ2n) is 9.80. The van der Waals surface area contributed by atoms with Crippen LogP contribution in [-0.4, -0.2) is 35.9 Å². The Bertz CT molecular complexity index is 1740. The average molecular weight is 597 g/mol. The minimum Gasteiger partial charge on any atom is -0.254 e. The van der Waals surface area contributed by atoms with Crippen molar-refractivity contribution in [1.29, 1.82) is 0 Å². The van der Waals surface area contributed by atoms with Gasteiger partial charge < -0.3 is 0 Å². The predicted molar refractivity (Wildman–Crippen MR) is 158 cm³/mol. The van der Waals surface area contributed by atoms with Gasteiger partial charge in [-0.1, -0.05) is 65.7 Å². The Morgan fingerprint density at radius 3 is 1.88 bits per heavy atom. The number of benzene rings is 3. The number of hydrogen-bond donors (Lipinski definition) is 0. The zero-order chi connectivity index (χ0) is 29.1. The van der Waals surface area contributed by atoms with Crippen LogP contribution in [0.15, 0.2) is 118 Å². The van der Waals surface area contributed by atoms with E-state index in [-0.39, 0.29) is 28.6 Å². The van der Waals surface area contributed by atoms with Gasteiger partial charge in [0.05, 0.1) is 26.3 Å². The third-order valence-electron chi connectivity index (χ3n) is 6.32. The van der Waals surface area contributed by atoms with Crippen molar-refractivity contribution in [3.8, 4) is 0 Å². The molecule has 10 heteroatoms. The lowest BCUT2D eigenvalue weighted by Crippen LogP contribution is -2.32. The van der Waals surface area contributed by atoms with Crippen LogP contribution in [0, 0.1) is 13.8 Å². The van der Waals surface area contributed by atoms with Crippen LogP contribution in [0.3, 0.4) is 0 Å². The van der Waals surface area contributed by atoms with Crippen molar-refractivity contribution in [1.82, 2.24) is 8.28 Å². The van der Waals surface area contributed by atoms with E-state index in [0.29, 0.717) is 21.6 Å². The van der Waals surface area contributed by atoms with Crippen molar-refractivity contribution >= 4 is 30.8 Å². The van der Waals surface area contributed by atoms with Crippen LogP contribution in [0.5, 0.6) is 0 Å². The van der Waals surface area contributed by atoms with Gasteiger partial charge in [-0.15, -0.1) is 0 Å². The van der Waals surface area contributed by atoms with Gasteiger partial charge in [-0.05, 0) is 68.3 Å². The lowest BCUT2D eigenvalue weighted by atomic mass is 10.2. The molecule has 0 radical (unpaired) electrons. The van der Waals surface area contributed by atoms with Gasteiger partial charge in [0.15, 0.2) is 0 Å². The Kier molecular flexibility index (Phi) is 8.94. The summed E-state index contributed by atoms with van der Waals surface area (Å²) in [7, 11) is -9.42. The highest BCUT2D eigenvalue weighted by Crippen LogP contribution is 2.26. The van der Waals surface area contributed by atoms with Crippen molar-refractivity contribution in [3.63, 3.8) is 0 Å². The first-order chi connectivity index (χ1) is 18.9. The summed E-state index contributed by atoms with van der Waals surface area (Å²) < 4.78 is 70.0. The Labute approximate surface area is 239 Å². The van der Waals surface area contributed by atoms with E-state index in [1.807, 2.05) is 19.9 Å². The summed E-state index contributed by atoms with van der Waals surface area (Å²) in [6, 6.07) is 21.9. The standard InChI is InChI=1S/C30H32N2O5S3/c1-23(2)18-31(39(34,35)29-14-10-24(3)11-15-29)19-26-20-32(40(36,37)30-16-12-25(4)13-17-30)21-27(26)22-38(33)28-8-6-5-7-9-28/h5-17,20-21H,1,18-19,22H2,2-4H3. The molecule has 7 nitrogen and oxygen atoms in total.